The highest BCUT2D eigenvalue weighted by molar-refractivity contribution is 6.05. The highest BCUT2D eigenvalue weighted by Crippen LogP contribution is 2.40. The Balaban J connectivity index is 0.000000614. The summed E-state index contributed by atoms with van der Waals surface area (Å²) in [5.74, 6) is 0. The van der Waals surface area contributed by atoms with E-state index in [1.807, 2.05) is 0 Å². The first kappa shape index (κ1) is 25.0. The molecule has 0 amide bonds. The Morgan fingerprint density at radius 3 is 2.06 bits per heavy atom. The molecule has 0 saturated carbocycles. The molecule has 0 aromatic heterocycles. The Bertz CT molecular complexity index is 923. The molecule has 168 valence electrons. The number of fused-ring (bicyclic) bond motifs is 1. The van der Waals surface area contributed by atoms with E-state index in [0.717, 1.165) is 6.54 Å². The molecule has 0 radical (unpaired) electrons. The maximum absolute atomic E-state index is 8.49. The zero-order valence-corrected chi connectivity index (χ0v) is 19.6. The Morgan fingerprint density at radius 1 is 0.935 bits per heavy atom. The fourth-order valence-electron chi connectivity index (χ4n) is 3.76. The molecule has 7 heteroatoms. The molecule has 0 N–H and O–H groups in total. The predicted molar refractivity (Wildman–Crippen MR) is 114 cm³/mol. The molecule has 0 aliphatic carbocycles. The van der Waals surface area contributed by atoms with Gasteiger partial charge in [0.15, 0.2) is 5.71 Å². The van der Waals surface area contributed by atoms with Gasteiger partial charge in [0.2, 0.25) is 5.69 Å². The van der Waals surface area contributed by atoms with Gasteiger partial charge in [-0.15, -0.1) is 10.2 Å². The van der Waals surface area contributed by atoms with Crippen LogP contribution in [-0.4, -0.2) is 30.9 Å². The van der Waals surface area contributed by atoms with Crippen LogP contribution in [0.4, 0.5) is 11.4 Å². The van der Waals surface area contributed by atoms with Gasteiger partial charge in [-0.25, -0.2) is 18.6 Å². The molecule has 0 atom stereocenters. The second-order valence-corrected chi connectivity index (χ2v) is 8.99. The third-order valence-electron chi connectivity index (χ3n) is 5.38. The lowest BCUT2D eigenvalue weighted by molar-refractivity contribution is -2.00. The monoisotopic (exact) mass is 446 g/mol. The number of hydrogen-bond acceptors (Lipinski definition) is 5. The number of para-hydroxylation sites is 1. The van der Waals surface area contributed by atoms with Crippen LogP contribution in [0.5, 0.6) is 0 Å². The molecule has 2 aromatic rings. The molecule has 1 heterocycles. The summed E-state index contributed by atoms with van der Waals surface area (Å²) in [5.41, 5.74) is 6.69. The molecule has 2 aromatic carbocycles. The highest BCUT2D eigenvalue weighted by atomic mass is 35.7. The van der Waals surface area contributed by atoms with Crippen LogP contribution < -0.4 is 23.5 Å². The summed E-state index contributed by atoms with van der Waals surface area (Å²) in [5, 5.41) is 0. The number of unbranched alkanes of at least 4 members (excludes halogenated alkanes) is 1. The van der Waals surface area contributed by atoms with E-state index >= 15 is 0 Å². The second-order valence-electron chi connectivity index (χ2n) is 8.23. The highest BCUT2D eigenvalue weighted by Gasteiger charge is 2.43. The summed E-state index contributed by atoms with van der Waals surface area (Å²) in [6.07, 6.45) is 6.99. The Labute approximate surface area is 187 Å². The number of nitrogens with zero attached hydrogens (tertiary/aromatic N) is 2. The lowest BCUT2D eigenvalue weighted by Crippen LogP contribution is -2.68. The molecule has 0 spiro atoms. The molecule has 0 bridgehead atoms. The minimum absolute atomic E-state index is 0.0322. The van der Waals surface area contributed by atoms with Crippen molar-refractivity contribution >= 4 is 23.2 Å². The van der Waals surface area contributed by atoms with Crippen LogP contribution in [0.2, 0.25) is 0 Å². The third kappa shape index (κ3) is 6.89. The van der Waals surface area contributed by atoms with Gasteiger partial charge in [-0.3, -0.25) is 0 Å². The van der Waals surface area contributed by atoms with Gasteiger partial charge >= 0.3 is 0 Å². The molecule has 6 nitrogen and oxygen atoms in total. The minimum Gasteiger partial charge on any atom is -0.378 e. The summed E-state index contributed by atoms with van der Waals surface area (Å²) < 4.78 is 36.5. The number of halogens is 1. The largest absolute Gasteiger partial charge is 0.378 e. The van der Waals surface area contributed by atoms with Gasteiger partial charge < -0.3 is 4.90 Å². The van der Waals surface area contributed by atoms with Gasteiger partial charge in [-0.05, 0) is 37.6 Å². The molecule has 1 aliphatic rings. The molecule has 3 rings (SSSR count). The fraction of sp³-hybridized carbons (Fsp3) is 0.375. The van der Waals surface area contributed by atoms with Crippen molar-refractivity contribution in [3.8, 4) is 0 Å². The van der Waals surface area contributed by atoms with Gasteiger partial charge in [0, 0.05) is 43.9 Å². The van der Waals surface area contributed by atoms with Crippen molar-refractivity contribution in [2.75, 3.05) is 25.5 Å². The first-order chi connectivity index (χ1) is 14.4. The van der Waals surface area contributed by atoms with Crippen LogP contribution in [-0.2, 0) is 5.41 Å². The number of allylic oxidation sites excluding steroid dienone is 1. The summed E-state index contributed by atoms with van der Waals surface area (Å²) in [7, 11) is -0.796. The smallest absolute Gasteiger partial charge is 0.209 e. The van der Waals surface area contributed by atoms with Crippen LogP contribution >= 0.6 is 0 Å². The fourth-order valence-corrected chi connectivity index (χ4v) is 3.76. The lowest BCUT2D eigenvalue weighted by atomic mass is 9.81. The van der Waals surface area contributed by atoms with Crippen molar-refractivity contribution in [2.45, 2.75) is 39.0 Å². The normalized spacial score (nSPS) is 15.0. The Morgan fingerprint density at radius 2 is 1.52 bits per heavy atom. The van der Waals surface area contributed by atoms with Crippen LogP contribution in [0.3, 0.4) is 0 Å². The molecular formula is C24H31ClN2O4. The van der Waals surface area contributed by atoms with Crippen molar-refractivity contribution in [3.05, 3.63) is 65.7 Å². The lowest BCUT2D eigenvalue weighted by Gasteiger charge is -2.17. The van der Waals surface area contributed by atoms with Gasteiger partial charge in [0.25, 0.3) is 0 Å². The molecule has 0 fully saturated rings. The van der Waals surface area contributed by atoms with E-state index in [0.29, 0.717) is 0 Å². The van der Waals surface area contributed by atoms with Crippen LogP contribution in [0.1, 0.15) is 44.7 Å². The Hall–Kier alpha value is -2.22. The quantitative estimate of drug-likeness (QED) is 0.613. The molecule has 0 unspecified atom stereocenters. The zero-order valence-electron chi connectivity index (χ0n) is 18.8. The third-order valence-corrected chi connectivity index (χ3v) is 5.38. The number of benzene rings is 2. The van der Waals surface area contributed by atoms with E-state index in [-0.39, 0.29) is 5.41 Å². The van der Waals surface area contributed by atoms with Gasteiger partial charge in [-0.1, -0.05) is 43.7 Å². The van der Waals surface area contributed by atoms with Crippen LogP contribution in [0.15, 0.2) is 54.6 Å². The summed E-state index contributed by atoms with van der Waals surface area (Å²) in [6.45, 7) is 8.02. The zero-order chi connectivity index (χ0) is 23.2. The molecule has 0 saturated heterocycles. The number of hydrogen-bond donors (Lipinski definition) is 0. The first-order valence-corrected chi connectivity index (χ1v) is 11.5. The van der Waals surface area contributed by atoms with E-state index in [2.05, 4.69) is 105 Å². The average molecular weight is 447 g/mol. The van der Waals surface area contributed by atoms with Gasteiger partial charge in [0.1, 0.15) is 6.54 Å². The van der Waals surface area contributed by atoms with Gasteiger partial charge in [-0.2, -0.15) is 4.58 Å². The van der Waals surface area contributed by atoms with E-state index in [1.54, 1.807) is 0 Å². The predicted octanol–water partition coefficient (Wildman–Crippen LogP) is 0.886. The summed E-state index contributed by atoms with van der Waals surface area (Å²) in [6, 6.07) is 17.6. The van der Waals surface area contributed by atoms with Crippen molar-refractivity contribution in [3.63, 3.8) is 0 Å². The standard InChI is InChI=1S/C24H31N2.ClHO4/c1-6-7-18-26-22-11-9-8-10-21(22)24(2,3)23(26)17-14-19-12-15-20(16-13-19)25(4)5;2-1(3,4)5/h8-17H,6-7,18H2,1-5H3;(H,2,3,4,5)/q+1;/p-1. The van der Waals surface area contributed by atoms with E-state index < -0.39 is 10.2 Å². The summed E-state index contributed by atoms with van der Waals surface area (Å²) >= 11 is 0. The van der Waals surface area contributed by atoms with Crippen molar-refractivity contribution < 1.29 is 33.5 Å². The van der Waals surface area contributed by atoms with E-state index in [9.17, 15) is 0 Å². The molecular weight excluding hydrogens is 416 g/mol. The number of anilines is 1. The average Bonchev–Trinajstić information content (AvgIpc) is 2.90. The van der Waals surface area contributed by atoms with Crippen molar-refractivity contribution in [2.24, 2.45) is 0 Å². The van der Waals surface area contributed by atoms with Crippen molar-refractivity contribution in [1.29, 1.82) is 0 Å². The SMILES string of the molecule is CCCC[N+]1=C(C=Cc2ccc(N(C)C)cc2)C(C)(C)c2ccccc21.[O-][Cl+3]([O-])([O-])[O-]. The van der Waals surface area contributed by atoms with E-state index in [4.69, 9.17) is 18.6 Å². The van der Waals surface area contributed by atoms with Crippen LogP contribution in [0, 0.1) is 10.2 Å². The molecule has 31 heavy (non-hydrogen) atoms. The molecule has 1 aliphatic heterocycles. The maximum Gasteiger partial charge on any atom is 0.209 e. The number of rotatable bonds is 6. The second kappa shape index (κ2) is 10.4. The first-order valence-electron chi connectivity index (χ1n) is 10.3. The topological polar surface area (TPSA) is 98.5 Å². The minimum atomic E-state index is -4.94. The van der Waals surface area contributed by atoms with E-state index in [1.165, 1.54) is 41.1 Å². The Kier molecular flexibility index (Phi) is 8.40. The maximum atomic E-state index is 8.49. The van der Waals surface area contributed by atoms with Gasteiger partial charge in [0.05, 0.1) is 5.41 Å². The van der Waals surface area contributed by atoms with Crippen LogP contribution in [0.25, 0.3) is 6.08 Å². The summed E-state index contributed by atoms with van der Waals surface area (Å²) in [4.78, 5) is 2.13. The van der Waals surface area contributed by atoms with Crippen molar-refractivity contribution in [1.82, 2.24) is 0 Å².